The molecule has 0 radical (unpaired) electrons. The van der Waals surface area contributed by atoms with Crippen LogP contribution in [0.1, 0.15) is 23.1 Å². The van der Waals surface area contributed by atoms with Gasteiger partial charge < -0.3 is 9.67 Å². The van der Waals surface area contributed by atoms with E-state index in [1.165, 1.54) is 12.1 Å². The first-order valence-electron chi connectivity index (χ1n) is 8.25. The highest BCUT2D eigenvalue weighted by molar-refractivity contribution is 9.10. The number of aliphatic hydroxyl groups excluding tert-OH is 1. The highest BCUT2D eigenvalue weighted by Gasteiger charge is 2.20. The first kappa shape index (κ1) is 16.9. The topological polar surface area (TPSA) is 38.1 Å². The minimum Gasteiger partial charge on any atom is -0.380 e. The summed E-state index contributed by atoms with van der Waals surface area (Å²) < 4.78 is 16.2. The van der Waals surface area contributed by atoms with Gasteiger partial charge in [0.05, 0.1) is 17.6 Å². The lowest BCUT2D eigenvalue weighted by molar-refractivity contribution is 0.206. The molecule has 1 atom stereocenters. The summed E-state index contributed by atoms with van der Waals surface area (Å²) in [7, 11) is 0. The lowest BCUT2D eigenvalue weighted by Crippen LogP contribution is -2.11. The normalized spacial score (nSPS) is 12.4. The molecule has 0 amide bonds. The van der Waals surface area contributed by atoms with Crippen LogP contribution in [0.2, 0.25) is 0 Å². The average Bonchev–Trinajstić information content (AvgIpc) is 3.02. The number of halogens is 2. The Labute approximate surface area is 158 Å². The summed E-state index contributed by atoms with van der Waals surface area (Å²) in [6, 6.07) is 21.6. The third-order valence-corrected chi connectivity index (χ3v) is 5.17. The van der Waals surface area contributed by atoms with Gasteiger partial charge in [0, 0.05) is 4.47 Å². The van der Waals surface area contributed by atoms with Crippen LogP contribution in [-0.4, -0.2) is 14.7 Å². The number of fused-ring (bicyclic) bond motifs is 1. The van der Waals surface area contributed by atoms with Crippen molar-refractivity contribution in [2.75, 3.05) is 0 Å². The number of hydrogen-bond acceptors (Lipinski definition) is 2. The van der Waals surface area contributed by atoms with Crippen LogP contribution in [0.5, 0.6) is 0 Å². The molecule has 3 nitrogen and oxygen atoms in total. The minimum atomic E-state index is -0.939. The van der Waals surface area contributed by atoms with Crippen molar-refractivity contribution in [3.8, 4) is 0 Å². The van der Waals surface area contributed by atoms with Crippen molar-refractivity contribution < 1.29 is 9.50 Å². The van der Waals surface area contributed by atoms with Crippen LogP contribution < -0.4 is 0 Å². The quantitative estimate of drug-likeness (QED) is 0.509. The van der Waals surface area contributed by atoms with E-state index in [1.54, 1.807) is 12.1 Å². The predicted molar refractivity (Wildman–Crippen MR) is 103 cm³/mol. The first-order chi connectivity index (χ1) is 12.6. The van der Waals surface area contributed by atoms with E-state index >= 15 is 0 Å². The van der Waals surface area contributed by atoms with Crippen LogP contribution in [0.25, 0.3) is 11.0 Å². The molecule has 3 aromatic carbocycles. The zero-order valence-electron chi connectivity index (χ0n) is 13.8. The smallest absolute Gasteiger partial charge is 0.143 e. The van der Waals surface area contributed by atoms with Crippen LogP contribution >= 0.6 is 15.9 Å². The summed E-state index contributed by atoms with van der Waals surface area (Å²) in [4.78, 5) is 4.64. The Hall–Kier alpha value is -2.50. The van der Waals surface area contributed by atoms with E-state index in [0.717, 1.165) is 21.1 Å². The summed E-state index contributed by atoms with van der Waals surface area (Å²) in [5.74, 6) is 0.205. The molecule has 0 bridgehead atoms. The molecule has 0 aliphatic carbocycles. The van der Waals surface area contributed by atoms with E-state index < -0.39 is 6.10 Å². The van der Waals surface area contributed by atoms with Gasteiger partial charge in [-0.15, -0.1) is 0 Å². The van der Waals surface area contributed by atoms with E-state index in [9.17, 15) is 9.50 Å². The van der Waals surface area contributed by atoms with E-state index in [1.807, 2.05) is 53.1 Å². The number of hydrogen-bond donors (Lipinski definition) is 1. The van der Waals surface area contributed by atoms with E-state index in [4.69, 9.17) is 0 Å². The lowest BCUT2D eigenvalue weighted by atomic mass is 10.1. The second-order valence-electron chi connectivity index (χ2n) is 6.09. The molecule has 4 rings (SSSR count). The van der Waals surface area contributed by atoms with Crippen LogP contribution in [0.4, 0.5) is 4.39 Å². The third-order valence-electron chi connectivity index (χ3n) is 4.40. The summed E-state index contributed by atoms with van der Waals surface area (Å²) in [5, 5.41) is 10.9. The molecule has 0 spiro atoms. The van der Waals surface area contributed by atoms with E-state index in [0.29, 0.717) is 17.9 Å². The van der Waals surface area contributed by atoms with Crippen LogP contribution in [-0.2, 0) is 6.54 Å². The fourth-order valence-corrected chi connectivity index (χ4v) is 3.47. The minimum absolute atomic E-state index is 0.331. The maximum absolute atomic E-state index is 13.2. The Bertz CT molecular complexity index is 1060. The molecule has 0 aliphatic rings. The number of nitrogens with zero attached hydrogens (tertiary/aromatic N) is 2. The van der Waals surface area contributed by atoms with Gasteiger partial charge in [-0.3, -0.25) is 0 Å². The Morgan fingerprint density at radius 3 is 2.42 bits per heavy atom. The second kappa shape index (κ2) is 7.02. The van der Waals surface area contributed by atoms with Crippen LogP contribution in [0.3, 0.4) is 0 Å². The second-order valence-corrected chi connectivity index (χ2v) is 6.94. The molecule has 1 heterocycles. The van der Waals surface area contributed by atoms with Gasteiger partial charge in [0.25, 0.3) is 0 Å². The molecule has 1 aromatic heterocycles. The van der Waals surface area contributed by atoms with Gasteiger partial charge in [-0.05, 0) is 41.5 Å². The average molecular weight is 411 g/mol. The van der Waals surface area contributed by atoms with Crippen molar-refractivity contribution in [1.82, 2.24) is 9.55 Å². The molecule has 0 fully saturated rings. The summed E-state index contributed by atoms with van der Waals surface area (Å²) in [6.45, 7) is 0.565. The molecule has 5 heteroatoms. The summed E-state index contributed by atoms with van der Waals surface area (Å²) in [6.07, 6.45) is -0.939. The zero-order valence-corrected chi connectivity index (χ0v) is 15.4. The Morgan fingerprint density at radius 1 is 0.962 bits per heavy atom. The first-order valence-corrected chi connectivity index (χ1v) is 9.05. The maximum atomic E-state index is 13.2. The van der Waals surface area contributed by atoms with Crippen molar-refractivity contribution in [1.29, 1.82) is 0 Å². The van der Waals surface area contributed by atoms with Gasteiger partial charge in [-0.1, -0.05) is 58.4 Å². The predicted octanol–water partition coefficient (Wildman–Crippen LogP) is 5.07. The van der Waals surface area contributed by atoms with Gasteiger partial charge in [0.2, 0.25) is 0 Å². The molecule has 0 saturated heterocycles. The Kier molecular flexibility index (Phi) is 4.57. The summed E-state index contributed by atoms with van der Waals surface area (Å²) >= 11 is 3.58. The van der Waals surface area contributed by atoms with Crippen LogP contribution in [0.15, 0.2) is 77.3 Å². The van der Waals surface area contributed by atoms with Crippen molar-refractivity contribution in [3.05, 3.63) is 100 Å². The monoisotopic (exact) mass is 410 g/mol. The van der Waals surface area contributed by atoms with Crippen molar-refractivity contribution in [2.24, 2.45) is 0 Å². The molecule has 130 valence electrons. The molecule has 26 heavy (non-hydrogen) atoms. The number of para-hydroxylation sites is 2. The molecular weight excluding hydrogens is 395 g/mol. The number of rotatable bonds is 4. The fourth-order valence-electron chi connectivity index (χ4n) is 3.06. The number of aliphatic hydroxyl groups is 1. The highest BCUT2D eigenvalue weighted by atomic mass is 79.9. The number of aromatic nitrogens is 2. The lowest BCUT2D eigenvalue weighted by Gasteiger charge is -2.15. The van der Waals surface area contributed by atoms with E-state index in [2.05, 4.69) is 20.9 Å². The third kappa shape index (κ3) is 3.16. The molecule has 0 saturated carbocycles. The molecular formula is C21H16BrFN2O. The SMILES string of the molecule is O[C@H](c1ccc(F)cc1)c1nc2ccccc2n1Cc1ccccc1Br. The maximum Gasteiger partial charge on any atom is 0.143 e. The standard InChI is InChI=1S/C21H16BrFN2O/c22-17-6-2-1-5-15(17)13-25-19-8-4-3-7-18(19)24-21(25)20(26)14-9-11-16(23)12-10-14/h1-12,20,26H,13H2/t20-/m1/s1. The van der Waals surface area contributed by atoms with Gasteiger partial charge >= 0.3 is 0 Å². The largest absolute Gasteiger partial charge is 0.380 e. The van der Waals surface area contributed by atoms with Crippen molar-refractivity contribution >= 4 is 27.0 Å². The highest BCUT2D eigenvalue weighted by Crippen LogP contribution is 2.28. The number of imidazole rings is 1. The van der Waals surface area contributed by atoms with Gasteiger partial charge in [-0.2, -0.15) is 0 Å². The molecule has 0 unspecified atom stereocenters. The molecule has 0 aliphatic heterocycles. The van der Waals surface area contributed by atoms with Crippen molar-refractivity contribution in [3.63, 3.8) is 0 Å². The molecule has 1 N–H and O–H groups in total. The van der Waals surface area contributed by atoms with Gasteiger partial charge in [0.1, 0.15) is 17.7 Å². The number of benzene rings is 3. The summed E-state index contributed by atoms with van der Waals surface area (Å²) in [5.41, 5.74) is 3.45. The fraction of sp³-hybridized carbons (Fsp3) is 0.0952. The Balaban J connectivity index is 1.83. The molecule has 4 aromatic rings. The van der Waals surface area contributed by atoms with E-state index in [-0.39, 0.29) is 5.82 Å². The van der Waals surface area contributed by atoms with Crippen LogP contribution in [0, 0.1) is 5.82 Å². The van der Waals surface area contributed by atoms with Gasteiger partial charge in [0.15, 0.2) is 0 Å². The van der Waals surface area contributed by atoms with Crippen molar-refractivity contribution in [2.45, 2.75) is 12.6 Å². The zero-order chi connectivity index (χ0) is 18.1. The Morgan fingerprint density at radius 2 is 1.65 bits per heavy atom. The van der Waals surface area contributed by atoms with Gasteiger partial charge in [-0.25, -0.2) is 9.37 Å².